The Hall–Kier alpha value is -1.04. The van der Waals surface area contributed by atoms with Gasteiger partial charge in [-0.1, -0.05) is 6.92 Å². The Morgan fingerprint density at radius 3 is 2.90 bits per heavy atom. The van der Waals surface area contributed by atoms with Gasteiger partial charge < -0.3 is 5.32 Å². The number of hydrogen-bond acceptors (Lipinski definition) is 2. The van der Waals surface area contributed by atoms with Crippen molar-refractivity contribution in [1.82, 2.24) is 5.32 Å². The maximum Gasteiger partial charge on any atom is 0.221 e. The van der Waals surface area contributed by atoms with Crippen LogP contribution in [0.1, 0.15) is 26.2 Å². The van der Waals surface area contributed by atoms with Crippen molar-refractivity contribution in [2.24, 2.45) is 0 Å². The summed E-state index contributed by atoms with van der Waals surface area (Å²) in [6.45, 7) is 2.70. The summed E-state index contributed by atoms with van der Waals surface area (Å²) in [5.41, 5.74) is 0. The molecule has 0 aromatic carbocycles. The van der Waals surface area contributed by atoms with E-state index in [0.717, 1.165) is 6.42 Å². The zero-order valence-electron chi connectivity index (χ0n) is 6.18. The fourth-order valence-electron chi connectivity index (χ4n) is 0.522. The van der Waals surface area contributed by atoms with Gasteiger partial charge in [0.2, 0.25) is 5.91 Å². The predicted octanol–water partition coefficient (Wildman–Crippen LogP) is 0.816. The molecule has 0 unspecified atom stereocenters. The first kappa shape index (κ1) is 8.96. The van der Waals surface area contributed by atoms with Gasteiger partial charge in [0.1, 0.15) is 0 Å². The first-order valence-corrected chi connectivity index (χ1v) is 3.45. The van der Waals surface area contributed by atoms with Crippen molar-refractivity contribution in [2.45, 2.75) is 26.2 Å². The molecular weight excluding hydrogens is 128 g/mol. The number of nitrogens with zero attached hydrogens (tertiary/aromatic N) is 1. The third-order valence-corrected chi connectivity index (χ3v) is 1.04. The molecule has 0 saturated carbocycles. The maximum absolute atomic E-state index is 10.7. The molecule has 0 saturated heterocycles. The molecule has 0 fully saturated rings. The molecule has 0 aliphatic carbocycles. The quantitative estimate of drug-likeness (QED) is 0.628. The van der Waals surface area contributed by atoms with Gasteiger partial charge in [0.25, 0.3) is 0 Å². The second kappa shape index (κ2) is 6.09. The lowest BCUT2D eigenvalue weighted by Crippen LogP contribution is -2.23. The number of amides is 1. The van der Waals surface area contributed by atoms with Gasteiger partial charge in [0, 0.05) is 19.4 Å². The Bertz CT molecular complexity index is 137. The second-order valence-corrected chi connectivity index (χ2v) is 2.01. The van der Waals surface area contributed by atoms with Crippen LogP contribution in [0.15, 0.2) is 0 Å². The van der Waals surface area contributed by atoms with Crippen molar-refractivity contribution < 1.29 is 4.79 Å². The van der Waals surface area contributed by atoms with Gasteiger partial charge in [0.15, 0.2) is 0 Å². The van der Waals surface area contributed by atoms with Gasteiger partial charge >= 0.3 is 0 Å². The lowest BCUT2D eigenvalue weighted by molar-refractivity contribution is -0.120. The van der Waals surface area contributed by atoms with Crippen LogP contribution in [0.5, 0.6) is 0 Å². The average molecular weight is 140 g/mol. The molecule has 1 amide bonds. The summed E-state index contributed by atoms with van der Waals surface area (Å²) < 4.78 is 0. The monoisotopic (exact) mass is 140 g/mol. The van der Waals surface area contributed by atoms with Crippen molar-refractivity contribution in [1.29, 1.82) is 5.26 Å². The predicted molar refractivity (Wildman–Crippen MR) is 38.1 cm³/mol. The van der Waals surface area contributed by atoms with Gasteiger partial charge in [-0.15, -0.1) is 0 Å². The van der Waals surface area contributed by atoms with E-state index in [1.54, 1.807) is 0 Å². The standard InChI is InChI=1S/C7H12N2O/c1-2-6-9-7(10)4-3-5-8/h2-4,6H2,1H3,(H,9,10). The molecular formula is C7H12N2O. The van der Waals surface area contributed by atoms with Crippen LogP contribution in [-0.4, -0.2) is 12.5 Å². The third-order valence-electron chi connectivity index (χ3n) is 1.04. The Labute approximate surface area is 61.0 Å². The summed E-state index contributed by atoms with van der Waals surface area (Å²) in [5, 5.41) is 10.8. The average Bonchev–Trinajstić information content (AvgIpc) is 1.97. The van der Waals surface area contributed by atoms with E-state index in [-0.39, 0.29) is 5.91 Å². The van der Waals surface area contributed by atoms with Gasteiger partial charge in [-0.3, -0.25) is 4.79 Å². The molecule has 0 rings (SSSR count). The zero-order chi connectivity index (χ0) is 7.82. The molecule has 0 aliphatic rings. The zero-order valence-corrected chi connectivity index (χ0v) is 6.18. The van der Waals surface area contributed by atoms with E-state index in [1.165, 1.54) is 0 Å². The van der Waals surface area contributed by atoms with Crippen LogP contribution in [0, 0.1) is 11.3 Å². The number of carbonyl (C=O) groups is 1. The first-order chi connectivity index (χ1) is 4.81. The maximum atomic E-state index is 10.7. The summed E-state index contributed by atoms with van der Waals surface area (Å²) in [6, 6.07) is 1.91. The van der Waals surface area contributed by atoms with E-state index in [1.807, 2.05) is 13.0 Å². The van der Waals surface area contributed by atoms with E-state index >= 15 is 0 Å². The minimum Gasteiger partial charge on any atom is -0.356 e. The van der Waals surface area contributed by atoms with Crippen LogP contribution in [0.2, 0.25) is 0 Å². The number of rotatable bonds is 4. The highest BCUT2D eigenvalue weighted by Crippen LogP contribution is 1.85. The minimum absolute atomic E-state index is 0.0246. The highest BCUT2D eigenvalue weighted by atomic mass is 16.1. The van der Waals surface area contributed by atoms with Crippen molar-refractivity contribution in [3.05, 3.63) is 0 Å². The molecule has 0 radical (unpaired) electrons. The molecule has 1 N–H and O–H groups in total. The van der Waals surface area contributed by atoms with Gasteiger partial charge in [0.05, 0.1) is 6.07 Å². The summed E-state index contributed by atoms with van der Waals surface area (Å²) in [6.07, 6.45) is 1.59. The number of hydrogen-bond donors (Lipinski definition) is 1. The smallest absolute Gasteiger partial charge is 0.221 e. The molecule has 0 aliphatic heterocycles. The summed E-state index contributed by atoms with van der Waals surface area (Å²) in [5.74, 6) is -0.0246. The Morgan fingerprint density at radius 2 is 2.40 bits per heavy atom. The molecule has 0 aromatic heterocycles. The third kappa shape index (κ3) is 5.10. The Balaban J connectivity index is 3.19. The van der Waals surface area contributed by atoms with E-state index in [0.29, 0.717) is 19.4 Å². The summed E-state index contributed by atoms with van der Waals surface area (Å²) in [4.78, 5) is 10.7. The SMILES string of the molecule is CCCNC(=O)CCC#N. The molecule has 0 aromatic rings. The van der Waals surface area contributed by atoms with Crippen molar-refractivity contribution in [3.63, 3.8) is 0 Å². The minimum atomic E-state index is -0.0246. The van der Waals surface area contributed by atoms with E-state index < -0.39 is 0 Å². The van der Waals surface area contributed by atoms with Gasteiger partial charge in [-0.05, 0) is 6.42 Å². The molecule has 0 atom stereocenters. The Kier molecular flexibility index (Phi) is 5.45. The molecule has 10 heavy (non-hydrogen) atoms. The van der Waals surface area contributed by atoms with E-state index in [2.05, 4.69) is 5.32 Å². The largest absolute Gasteiger partial charge is 0.356 e. The lowest BCUT2D eigenvalue weighted by Gasteiger charge is -1.98. The number of nitrogens with one attached hydrogen (secondary N) is 1. The number of nitriles is 1. The van der Waals surface area contributed by atoms with Gasteiger partial charge in [-0.2, -0.15) is 5.26 Å². The highest BCUT2D eigenvalue weighted by Gasteiger charge is 1.96. The second-order valence-electron chi connectivity index (χ2n) is 2.01. The molecule has 56 valence electrons. The van der Waals surface area contributed by atoms with Crippen LogP contribution in [-0.2, 0) is 4.79 Å². The van der Waals surface area contributed by atoms with Crippen molar-refractivity contribution in [2.75, 3.05) is 6.54 Å². The van der Waals surface area contributed by atoms with Crippen LogP contribution in [0.3, 0.4) is 0 Å². The fourth-order valence-corrected chi connectivity index (χ4v) is 0.522. The topological polar surface area (TPSA) is 52.9 Å². The molecule has 3 nitrogen and oxygen atoms in total. The van der Waals surface area contributed by atoms with E-state index in [4.69, 9.17) is 5.26 Å². The lowest BCUT2D eigenvalue weighted by atomic mass is 10.3. The Morgan fingerprint density at radius 1 is 1.70 bits per heavy atom. The summed E-state index contributed by atoms with van der Waals surface area (Å²) >= 11 is 0. The van der Waals surface area contributed by atoms with Crippen LogP contribution >= 0.6 is 0 Å². The molecule has 0 heterocycles. The fraction of sp³-hybridized carbons (Fsp3) is 0.714. The first-order valence-electron chi connectivity index (χ1n) is 3.45. The normalized spacial score (nSPS) is 8.40. The van der Waals surface area contributed by atoms with Gasteiger partial charge in [-0.25, -0.2) is 0 Å². The highest BCUT2D eigenvalue weighted by molar-refractivity contribution is 5.75. The van der Waals surface area contributed by atoms with Crippen LogP contribution in [0.25, 0.3) is 0 Å². The van der Waals surface area contributed by atoms with Crippen molar-refractivity contribution >= 4 is 5.91 Å². The van der Waals surface area contributed by atoms with E-state index in [9.17, 15) is 4.79 Å². The van der Waals surface area contributed by atoms with Crippen LogP contribution in [0.4, 0.5) is 0 Å². The number of carbonyl (C=O) groups excluding carboxylic acids is 1. The van der Waals surface area contributed by atoms with Crippen molar-refractivity contribution in [3.8, 4) is 6.07 Å². The molecule has 0 bridgehead atoms. The van der Waals surface area contributed by atoms with Crippen LogP contribution < -0.4 is 5.32 Å². The molecule has 0 spiro atoms. The summed E-state index contributed by atoms with van der Waals surface area (Å²) in [7, 11) is 0. The molecule has 3 heteroatoms.